The van der Waals surface area contributed by atoms with Gasteiger partial charge in [0, 0.05) is 25.6 Å². The highest BCUT2D eigenvalue weighted by atomic mass is 16.6. The molecule has 2 rings (SSSR count). The number of aliphatic carboxylic acids is 1. The van der Waals surface area contributed by atoms with Gasteiger partial charge >= 0.3 is 5.97 Å². The van der Waals surface area contributed by atoms with Crippen molar-refractivity contribution in [2.75, 3.05) is 6.54 Å². The summed E-state index contributed by atoms with van der Waals surface area (Å²) in [7, 11) is 0. The molecule has 1 saturated heterocycles. The number of aliphatic hydroxyl groups is 1. The topological polar surface area (TPSA) is 126 Å². The lowest BCUT2D eigenvalue weighted by Gasteiger charge is -2.21. The van der Waals surface area contributed by atoms with Crippen LogP contribution in [0.1, 0.15) is 23.8 Å². The molecule has 1 aliphatic rings. The van der Waals surface area contributed by atoms with Crippen LogP contribution in [0.25, 0.3) is 0 Å². The Labute approximate surface area is 119 Å². The molecule has 21 heavy (non-hydrogen) atoms. The Morgan fingerprint density at radius 1 is 1.52 bits per heavy atom. The van der Waals surface area contributed by atoms with Crippen molar-refractivity contribution < 1.29 is 24.7 Å². The number of aliphatic hydroxyl groups excluding tert-OH is 1. The summed E-state index contributed by atoms with van der Waals surface area (Å²) in [6.45, 7) is 1.95. The molecule has 2 heterocycles. The maximum Gasteiger partial charge on any atom is 0.326 e. The summed E-state index contributed by atoms with van der Waals surface area (Å²) in [5.41, 5.74) is -0.184. The predicted octanol–water partition coefficient (Wildman–Crippen LogP) is 0.0762. The minimum Gasteiger partial charge on any atom is -0.480 e. The third-order valence-electron chi connectivity index (χ3n) is 3.48. The molecule has 0 saturated carbocycles. The van der Waals surface area contributed by atoms with Crippen molar-refractivity contribution in [3.05, 3.63) is 28.1 Å². The first kappa shape index (κ1) is 15.0. The molecule has 2 atom stereocenters. The molecular weight excluding hydrogens is 282 g/mol. The highest BCUT2D eigenvalue weighted by Crippen LogP contribution is 2.24. The number of nitrogens with zero attached hydrogens (tertiary/aromatic N) is 3. The number of rotatable bonds is 4. The van der Waals surface area contributed by atoms with E-state index >= 15 is 0 Å². The van der Waals surface area contributed by atoms with Crippen molar-refractivity contribution in [1.29, 1.82) is 0 Å². The number of β-amino-alcohol motifs (C(OH)–C–C–N with tert-alkyl or cyclic N) is 1. The molecule has 1 aliphatic heterocycles. The van der Waals surface area contributed by atoms with Crippen LogP contribution < -0.4 is 0 Å². The van der Waals surface area contributed by atoms with Crippen molar-refractivity contribution in [2.24, 2.45) is 0 Å². The summed E-state index contributed by atoms with van der Waals surface area (Å²) < 4.78 is 1.39. The van der Waals surface area contributed by atoms with Gasteiger partial charge in [-0.05, 0) is 6.92 Å². The average molecular weight is 297 g/mol. The van der Waals surface area contributed by atoms with Gasteiger partial charge in [-0.3, -0.25) is 14.9 Å². The molecule has 114 valence electrons. The lowest BCUT2D eigenvalue weighted by Crippen LogP contribution is -2.41. The second-order valence-electron chi connectivity index (χ2n) is 4.83. The molecule has 1 aromatic rings. The summed E-state index contributed by atoms with van der Waals surface area (Å²) in [5.74, 6) is -1.84. The van der Waals surface area contributed by atoms with Crippen molar-refractivity contribution >= 4 is 17.6 Å². The molecule has 2 N–H and O–H groups in total. The van der Waals surface area contributed by atoms with E-state index in [0.717, 1.165) is 11.0 Å². The number of hydrogen-bond acceptors (Lipinski definition) is 5. The number of aryl methyl sites for hydroxylation is 1. The Morgan fingerprint density at radius 3 is 2.71 bits per heavy atom. The molecule has 0 bridgehead atoms. The maximum absolute atomic E-state index is 12.4. The van der Waals surface area contributed by atoms with Gasteiger partial charge in [0.25, 0.3) is 11.6 Å². The van der Waals surface area contributed by atoms with Gasteiger partial charge in [0.15, 0.2) is 0 Å². The van der Waals surface area contributed by atoms with Crippen molar-refractivity contribution in [3.63, 3.8) is 0 Å². The van der Waals surface area contributed by atoms with E-state index in [1.54, 1.807) is 6.92 Å². The number of carboxylic acids is 1. The lowest BCUT2D eigenvalue weighted by molar-refractivity contribution is -0.384. The van der Waals surface area contributed by atoms with Gasteiger partial charge in [0.2, 0.25) is 0 Å². The highest BCUT2D eigenvalue weighted by Gasteiger charge is 2.40. The largest absolute Gasteiger partial charge is 0.480 e. The quantitative estimate of drug-likeness (QED) is 0.598. The van der Waals surface area contributed by atoms with E-state index in [1.807, 2.05) is 0 Å². The smallest absolute Gasteiger partial charge is 0.326 e. The van der Waals surface area contributed by atoms with E-state index in [4.69, 9.17) is 5.11 Å². The zero-order valence-corrected chi connectivity index (χ0v) is 11.3. The van der Waals surface area contributed by atoms with Crippen LogP contribution in [0.5, 0.6) is 0 Å². The Balaban J connectivity index is 2.35. The molecule has 9 nitrogen and oxygen atoms in total. The zero-order chi connectivity index (χ0) is 15.7. The Morgan fingerprint density at radius 2 is 2.19 bits per heavy atom. The summed E-state index contributed by atoms with van der Waals surface area (Å²) in [4.78, 5) is 34.8. The maximum atomic E-state index is 12.4. The van der Waals surface area contributed by atoms with E-state index < -0.39 is 28.9 Å². The van der Waals surface area contributed by atoms with Gasteiger partial charge in [-0.2, -0.15) is 0 Å². The Bertz CT molecular complexity index is 596. The van der Waals surface area contributed by atoms with Crippen LogP contribution in [0, 0.1) is 10.1 Å². The van der Waals surface area contributed by atoms with Crippen LogP contribution in [-0.4, -0.2) is 55.2 Å². The summed E-state index contributed by atoms with van der Waals surface area (Å²) >= 11 is 0. The third-order valence-corrected chi connectivity index (χ3v) is 3.48. The van der Waals surface area contributed by atoms with Crippen LogP contribution >= 0.6 is 0 Å². The molecular formula is C12H15N3O6. The average Bonchev–Trinajstić information content (AvgIpc) is 3.01. The number of carbonyl (C=O) groups excluding carboxylic acids is 1. The van der Waals surface area contributed by atoms with E-state index in [9.17, 15) is 24.8 Å². The normalized spacial score (nSPS) is 21.5. The minimum absolute atomic E-state index is 0.0456. The van der Waals surface area contributed by atoms with Crippen LogP contribution in [0.2, 0.25) is 0 Å². The first-order valence-electron chi connectivity index (χ1n) is 6.41. The van der Waals surface area contributed by atoms with Crippen LogP contribution in [0.3, 0.4) is 0 Å². The van der Waals surface area contributed by atoms with Crippen molar-refractivity contribution in [2.45, 2.75) is 32.0 Å². The number of hydrogen-bond donors (Lipinski definition) is 2. The number of aromatic nitrogens is 1. The molecule has 0 aliphatic carbocycles. The summed E-state index contributed by atoms with van der Waals surface area (Å²) in [6, 6.07) is 0.00174. The minimum atomic E-state index is -1.20. The first-order chi connectivity index (χ1) is 9.85. The predicted molar refractivity (Wildman–Crippen MR) is 69.8 cm³/mol. The summed E-state index contributed by atoms with van der Waals surface area (Å²) in [6.07, 6.45) is 0.279. The van der Waals surface area contributed by atoms with E-state index in [1.165, 1.54) is 10.8 Å². The first-order valence-corrected chi connectivity index (χ1v) is 6.41. The van der Waals surface area contributed by atoms with Gasteiger partial charge < -0.3 is 19.7 Å². The third kappa shape index (κ3) is 2.72. The monoisotopic (exact) mass is 297 g/mol. The fraction of sp³-hybridized carbons (Fsp3) is 0.500. The molecule has 0 radical (unpaired) electrons. The number of nitro groups is 1. The van der Waals surface area contributed by atoms with Gasteiger partial charge in [-0.1, -0.05) is 0 Å². The van der Waals surface area contributed by atoms with Gasteiger partial charge in [0.1, 0.15) is 11.7 Å². The Hall–Kier alpha value is -2.42. The molecule has 0 spiro atoms. The molecule has 1 amide bonds. The molecule has 9 heteroatoms. The number of amides is 1. The van der Waals surface area contributed by atoms with Gasteiger partial charge in [0.05, 0.1) is 17.2 Å². The SMILES string of the molecule is CCn1cc([N+](=O)[O-])cc1C(=O)N1CC(O)C[C@H]1C(=O)O. The second kappa shape index (κ2) is 5.52. The molecule has 1 aromatic heterocycles. The van der Waals surface area contributed by atoms with Crippen LogP contribution in [0.15, 0.2) is 12.3 Å². The second-order valence-corrected chi connectivity index (χ2v) is 4.83. The van der Waals surface area contributed by atoms with Crippen LogP contribution in [0.4, 0.5) is 5.69 Å². The number of carbonyl (C=O) groups is 2. The van der Waals surface area contributed by atoms with E-state index in [0.29, 0.717) is 6.54 Å². The summed E-state index contributed by atoms with van der Waals surface area (Å²) in [5, 5.41) is 29.4. The van der Waals surface area contributed by atoms with Crippen molar-refractivity contribution in [1.82, 2.24) is 9.47 Å². The highest BCUT2D eigenvalue weighted by molar-refractivity contribution is 5.96. The van der Waals surface area contributed by atoms with E-state index in [-0.39, 0.29) is 24.3 Å². The standard InChI is InChI=1S/C12H15N3O6/c1-2-13-5-7(15(20)21)3-9(13)11(17)14-6-8(16)4-10(14)12(18)19/h3,5,8,10,16H,2,4,6H2,1H3,(H,18,19)/t8?,10-/m0/s1. The Kier molecular flexibility index (Phi) is 3.94. The number of likely N-dealkylation sites (tertiary alicyclic amines) is 1. The molecule has 0 aromatic carbocycles. The van der Waals surface area contributed by atoms with Gasteiger partial charge in [-0.15, -0.1) is 0 Å². The van der Waals surface area contributed by atoms with E-state index in [2.05, 4.69) is 0 Å². The fourth-order valence-electron chi connectivity index (χ4n) is 2.46. The van der Waals surface area contributed by atoms with Crippen molar-refractivity contribution in [3.8, 4) is 0 Å². The molecule has 1 unspecified atom stereocenters. The lowest BCUT2D eigenvalue weighted by atomic mass is 10.2. The fourth-order valence-corrected chi connectivity index (χ4v) is 2.46. The van der Waals surface area contributed by atoms with Gasteiger partial charge in [-0.25, -0.2) is 4.79 Å². The van der Waals surface area contributed by atoms with Crippen LogP contribution in [-0.2, 0) is 11.3 Å². The zero-order valence-electron chi connectivity index (χ0n) is 11.3. The number of carboxylic acid groups (broad SMARTS) is 1. The molecule has 1 fully saturated rings.